The minimum atomic E-state index is -1.00. The van der Waals surface area contributed by atoms with Crippen molar-refractivity contribution in [1.82, 2.24) is 4.57 Å². The highest BCUT2D eigenvalue weighted by Crippen LogP contribution is 2.15. The molecule has 1 unspecified atom stereocenters. The molecule has 1 rings (SSSR count). The number of nitrogens with zero attached hydrogens (tertiary/aromatic N) is 1. The van der Waals surface area contributed by atoms with Crippen molar-refractivity contribution in [1.29, 1.82) is 0 Å². The predicted octanol–water partition coefficient (Wildman–Crippen LogP) is 2.54. The van der Waals surface area contributed by atoms with Gasteiger partial charge in [0.15, 0.2) is 0 Å². The fourth-order valence-corrected chi connectivity index (χ4v) is 1.69. The number of aromatic nitrogens is 1. The highest BCUT2D eigenvalue weighted by molar-refractivity contribution is 5.87. The monoisotopic (exact) mass is 237 g/mol. The normalized spacial score (nSPS) is 12.7. The van der Waals surface area contributed by atoms with Gasteiger partial charge in [-0.1, -0.05) is 13.8 Å². The van der Waals surface area contributed by atoms with Crippen molar-refractivity contribution in [2.24, 2.45) is 5.92 Å². The second-order valence-corrected chi connectivity index (χ2v) is 4.79. The molecule has 1 N–H and O–H groups in total. The molecule has 94 valence electrons. The molecule has 0 aliphatic rings. The molecule has 0 saturated carbocycles. The Hall–Kier alpha value is -1.58. The Kier molecular flexibility index (Phi) is 4.49. The molecule has 1 atom stereocenters. The van der Waals surface area contributed by atoms with Gasteiger partial charge in [-0.3, -0.25) is 4.79 Å². The fraction of sp³-hybridized carbons (Fsp3) is 0.538. The molecule has 1 aromatic heterocycles. The molecule has 0 aliphatic heterocycles. The van der Waals surface area contributed by atoms with Gasteiger partial charge < -0.3 is 9.67 Å². The van der Waals surface area contributed by atoms with Crippen LogP contribution in [0.5, 0.6) is 0 Å². The molecule has 0 fully saturated rings. The Morgan fingerprint density at radius 3 is 2.47 bits per heavy atom. The van der Waals surface area contributed by atoms with Crippen LogP contribution < -0.4 is 5.56 Å². The molecule has 0 aliphatic carbocycles. The third kappa shape index (κ3) is 3.73. The van der Waals surface area contributed by atoms with E-state index in [4.69, 9.17) is 5.11 Å². The van der Waals surface area contributed by atoms with Gasteiger partial charge in [-0.25, -0.2) is 4.79 Å². The minimum absolute atomic E-state index is 0.0317. The van der Waals surface area contributed by atoms with Crippen molar-refractivity contribution in [2.75, 3.05) is 0 Å². The number of aromatic carboxylic acids is 1. The fourth-order valence-electron chi connectivity index (χ4n) is 1.69. The van der Waals surface area contributed by atoms with E-state index < -0.39 is 5.97 Å². The summed E-state index contributed by atoms with van der Waals surface area (Å²) < 4.78 is 1.51. The van der Waals surface area contributed by atoms with E-state index in [1.807, 2.05) is 6.92 Å². The molecule has 0 spiro atoms. The number of pyridine rings is 1. The van der Waals surface area contributed by atoms with Crippen molar-refractivity contribution in [2.45, 2.75) is 39.7 Å². The topological polar surface area (TPSA) is 59.3 Å². The maximum atomic E-state index is 11.7. The molecule has 1 aromatic rings. The molecule has 1 heterocycles. The van der Waals surface area contributed by atoms with Crippen molar-refractivity contribution < 1.29 is 9.90 Å². The van der Waals surface area contributed by atoms with Gasteiger partial charge in [-0.15, -0.1) is 0 Å². The lowest BCUT2D eigenvalue weighted by atomic mass is 10.0. The van der Waals surface area contributed by atoms with E-state index in [1.54, 1.807) is 0 Å². The summed E-state index contributed by atoms with van der Waals surface area (Å²) in [5, 5.41) is 8.88. The Morgan fingerprint density at radius 1 is 1.29 bits per heavy atom. The van der Waals surface area contributed by atoms with E-state index in [0.717, 1.165) is 12.8 Å². The van der Waals surface area contributed by atoms with Gasteiger partial charge in [-0.05, 0) is 31.7 Å². The average molecular weight is 237 g/mol. The Labute approximate surface area is 101 Å². The van der Waals surface area contributed by atoms with E-state index >= 15 is 0 Å². The number of carboxylic acid groups (broad SMARTS) is 1. The third-order valence-corrected chi connectivity index (χ3v) is 2.82. The van der Waals surface area contributed by atoms with Gasteiger partial charge in [0.1, 0.15) is 0 Å². The molecule has 0 saturated heterocycles. The summed E-state index contributed by atoms with van der Waals surface area (Å²) in [6.07, 6.45) is 3.32. The lowest BCUT2D eigenvalue weighted by molar-refractivity contribution is 0.0695. The van der Waals surface area contributed by atoms with Crippen LogP contribution >= 0.6 is 0 Å². The van der Waals surface area contributed by atoms with E-state index in [2.05, 4.69) is 13.8 Å². The summed E-state index contributed by atoms with van der Waals surface area (Å²) in [6, 6.07) is 2.69. The first kappa shape index (κ1) is 13.5. The highest BCUT2D eigenvalue weighted by atomic mass is 16.4. The molecule has 0 amide bonds. The van der Waals surface area contributed by atoms with Crippen molar-refractivity contribution in [3.05, 3.63) is 34.2 Å². The standard InChI is InChI=1S/C13H19NO3/c1-9(2)4-5-10(3)14-8-11(13(16)17)6-7-12(14)15/h6-10H,4-5H2,1-3H3,(H,16,17). The summed E-state index contributed by atoms with van der Waals surface area (Å²) in [5.41, 5.74) is 0.00672. The summed E-state index contributed by atoms with van der Waals surface area (Å²) in [5.74, 6) is -0.425. The van der Waals surface area contributed by atoms with Crippen LogP contribution in [0, 0.1) is 5.92 Å². The molecule has 0 radical (unpaired) electrons. The Morgan fingerprint density at radius 2 is 1.94 bits per heavy atom. The first-order chi connectivity index (χ1) is 7.91. The number of hydrogen-bond donors (Lipinski definition) is 1. The maximum absolute atomic E-state index is 11.7. The summed E-state index contributed by atoms with van der Waals surface area (Å²) >= 11 is 0. The van der Waals surface area contributed by atoms with Gasteiger partial charge in [0.2, 0.25) is 0 Å². The van der Waals surface area contributed by atoms with Crippen LogP contribution in [0.15, 0.2) is 23.1 Å². The first-order valence-corrected chi connectivity index (χ1v) is 5.87. The molecule has 0 bridgehead atoms. The number of hydrogen-bond acceptors (Lipinski definition) is 2. The van der Waals surface area contributed by atoms with Gasteiger partial charge in [0.25, 0.3) is 5.56 Å². The Bertz CT molecular complexity index is 448. The Balaban J connectivity index is 2.92. The third-order valence-electron chi connectivity index (χ3n) is 2.82. The molecule has 17 heavy (non-hydrogen) atoms. The lowest BCUT2D eigenvalue weighted by Crippen LogP contribution is -2.23. The zero-order valence-corrected chi connectivity index (χ0v) is 10.5. The van der Waals surface area contributed by atoms with Crippen LogP contribution in [0.1, 0.15) is 50.0 Å². The number of rotatable bonds is 5. The SMILES string of the molecule is CC(C)CCC(C)n1cc(C(=O)O)ccc1=O. The van der Waals surface area contributed by atoms with Crippen molar-refractivity contribution in [3.8, 4) is 0 Å². The second kappa shape index (κ2) is 5.66. The lowest BCUT2D eigenvalue weighted by Gasteiger charge is -2.16. The summed E-state index contributed by atoms with van der Waals surface area (Å²) in [7, 11) is 0. The minimum Gasteiger partial charge on any atom is -0.478 e. The first-order valence-electron chi connectivity index (χ1n) is 5.87. The van der Waals surface area contributed by atoms with Crippen molar-refractivity contribution >= 4 is 5.97 Å². The smallest absolute Gasteiger partial charge is 0.337 e. The molecule has 4 heteroatoms. The van der Waals surface area contributed by atoms with E-state index in [-0.39, 0.29) is 17.2 Å². The van der Waals surface area contributed by atoms with Gasteiger partial charge >= 0.3 is 5.97 Å². The van der Waals surface area contributed by atoms with E-state index in [0.29, 0.717) is 5.92 Å². The van der Waals surface area contributed by atoms with E-state index in [9.17, 15) is 9.59 Å². The van der Waals surface area contributed by atoms with E-state index in [1.165, 1.54) is 22.9 Å². The molecular formula is C13H19NO3. The zero-order chi connectivity index (χ0) is 13.0. The quantitative estimate of drug-likeness (QED) is 0.856. The number of carboxylic acids is 1. The summed E-state index contributed by atoms with van der Waals surface area (Å²) in [4.78, 5) is 22.5. The zero-order valence-electron chi connectivity index (χ0n) is 10.5. The van der Waals surface area contributed by atoms with Crippen LogP contribution in [0.25, 0.3) is 0 Å². The van der Waals surface area contributed by atoms with Gasteiger partial charge in [-0.2, -0.15) is 0 Å². The second-order valence-electron chi connectivity index (χ2n) is 4.79. The largest absolute Gasteiger partial charge is 0.478 e. The maximum Gasteiger partial charge on any atom is 0.337 e. The molecule has 4 nitrogen and oxygen atoms in total. The van der Waals surface area contributed by atoms with Crippen LogP contribution in [0.2, 0.25) is 0 Å². The van der Waals surface area contributed by atoms with Crippen LogP contribution in [0.4, 0.5) is 0 Å². The summed E-state index contributed by atoms with van der Waals surface area (Å²) in [6.45, 7) is 6.20. The van der Waals surface area contributed by atoms with Crippen LogP contribution in [-0.2, 0) is 0 Å². The van der Waals surface area contributed by atoms with Gasteiger partial charge in [0, 0.05) is 18.3 Å². The molecule has 0 aromatic carbocycles. The van der Waals surface area contributed by atoms with Crippen molar-refractivity contribution in [3.63, 3.8) is 0 Å². The molecular weight excluding hydrogens is 218 g/mol. The highest BCUT2D eigenvalue weighted by Gasteiger charge is 2.10. The van der Waals surface area contributed by atoms with Crippen LogP contribution in [-0.4, -0.2) is 15.6 Å². The number of carbonyl (C=O) groups is 1. The average Bonchev–Trinajstić information content (AvgIpc) is 2.26. The predicted molar refractivity (Wildman–Crippen MR) is 66.4 cm³/mol. The van der Waals surface area contributed by atoms with Gasteiger partial charge in [0.05, 0.1) is 5.56 Å². The van der Waals surface area contributed by atoms with Crippen LogP contribution in [0.3, 0.4) is 0 Å².